The van der Waals surface area contributed by atoms with Crippen molar-refractivity contribution in [3.05, 3.63) is 30.3 Å². The number of guanidine groups is 1. The summed E-state index contributed by atoms with van der Waals surface area (Å²) in [5.74, 6) is 1.32. The zero-order valence-corrected chi connectivity index (χ0v) is 19.9. The van der Waals surface area contributed by atoms with Crippen LogP contribution in [0, 0.1) is 5.92 Å². The lowest BCUT2D eigenvalue weighted by atomic mass is 9.98. The molecule has 31 heavy (non-hydrogen) atoms. The molecule has 0 unspecified atom stereocenters. The summed E-state index contributed by atoms with van der Waals surface area (Å²) in [6.45, 7) is 10.5. The summed E-state index contributed by atoms with van der Waals surface area (Å²) in [5.41, 5.74) is 0. The first-order valence-electron chi connectivity index (χ1n) is 11.8. The minimum atomic E-state index is -3.38. The van der Waals surface area contributed by atoms with Crippen molar-refractivity contribution in [3.63, 3.8) is 0 Å². The molecule has 0 spiro atoms. The highest BCUT2D eigenvalue weighted by Gasteiger charge is 2.29. The van der Waals surface area contributed by atoms with E-state index < -0.39 is 10.0 Å². The van der Waals surface area contributed by atoms with Crippen LogP contribution in [0.5, 0.6) is 0 Å². The predicted octanol–water partition coefficient (Wildman–Crippen LogP) is 2.52. The normalized spacial score (nSPS) is 20.6. The van der Waals surface area contributed by atoms with Crippen LogP contribution in [0.3, 0.4) is 0 Å². The Morgan fingerprint density at radius 1 is 1.03 bits per heavy atom. The van der Waals surface area contributed by atoms with E-state index in [0.29, 0.717) is 29.9 Å². The van der Waals surface area contributed by atoms with Gasteiger partial charge in [-0.25, -0.2) is 8.42 Å². The number of benzene rings is 1. The molecule has 1 aromatic rings. The molecule has 0 saturated carbocycles. The molecule has 2 fully saturated rings. The third-order valence-electron chi connectivity index (χ3n) is 6.27. The number of piperidine rings is 2. The minimum absolute atomic E-state index is 0.384. The van der Waals surface area contributed by atoms with E-state index in [1.165, 1.54) is 13.0 Å². The number of hydrogen-bond donors (Lipinski definition) is 2. The Bertz CT molecular complexity index is 783. The first kappa shape index (κ1) is 24.0. The number of rotatable bonds is 8. The maximum Gasteiger partial charge on any atom is 0.243 e. The van der Waals surface area contributed by atoms with Gasteiger partial charge < -0.3 is 15.5 Å². The Kier molecular flexibility index (Phi) is 9.16. The van der Waals surface area contributed by atoms with Crippen LogP contribution < -0.4 is 10.6 Å². The highest BCUT2D eigenvalue weighted by Crippen LogP contribution is 2.24. The van der Waals surface area contributed by atoms with E-state index in [1.807, 2.05) is 6.07 Å². The molecule has 0 bridgehead atoms. The highest BCUT2D eigenvalue weighted by atomic mass is 32.2. The number of nitrogens with one attached hydrogen (secondary N) is 2. The lowest BCUT2D eigenvalue weighted by Gasteiger charge is -2.33. The molecule has 0 aliphatic carbocycles. The van der Waals surface area contributed by atoms with E-state index in [4.69, 9.17) is 4.99 Å². The topological polar surface area (TPSA) is 77.0 Å². The SMILES string of the molecule is CCCN1CCC(NC(=NCC2CCN(S(=O)(=O)c3ccccc3)CC2)NCC)CC1. The van der Waals surface area contributed by atoms with E-state index in [1.54, 1.807) is 28.6 Å². The third-order valence-corrected chi connectivity index (χ3v) is 8.19. The first-order valence-corrected chi connectivity index (χ1v) is 13.3. The average molecular weight is 450 g/mol. The van der Waals surface area contributed by atoms with Crippen molar-refractivity contribution in [2.24, 2.45) is 10.9 Å². The lowest BCUT2D eigenvalue weighted by Crippen LogP contribution is -2.49. The number of sulfonamides is 1. The van der Waals surface area contributed by atoms with E-state index in [0.717, 1.165) is 57.8 Å². The molecule has 0 aromatic heterocycles. The fourth-order valence-electron chi connectivity index (χ4n) is 4.42. The molecular formula is C23H39N5O2S. The Hall–Kier alpha value is -1.64. The molecule has 3 rings (SSSR count). The van der Waals surface area contributed by atoms with Crippen molar-refractivity contribution in [1.82, 2.24) is 19.8 Å². The zero-order chi connectivity index (χ0) is 22.1. The maximum atomic E-state index is 12.8. The smallest absolute Gasteiger partial charge is 0.243 e. The van der Waals surface area contributed by atoms with Crippen LogP contribution in [-0.4, -0.2) is 75.4 Å². The van der Waals surface area contributed by atoms with Gasteiger partial charge in [0.25, 0.3) is 0 Å². The number of nitrogens with zero attached hydrogens (tertiary/aromatic N) is 3. The van der Waals surface area contributed by atoms with Gasteiger partial charge in [-0.3, -0.25) is 4.99 Å². The van der Waals surface area contributed by atoms with Gasteiger partial charge >= 0.3 is 0 Å². The van der Waals surface area contributed by atoms with Crippen LogP contribution in [0.15, 0.2) is 40.2 Å². The molecule has 174 valence electrons. The van der Waals surface area contributed by atoms with Gasteiger partial charge in [0.15, 0.2) is 5.96 Å². The lowest BCUT2D eigenvalue weighted by molar-refractivity contribution is 0.206. The number of aliphatic imine (C=N–C) groups is 1. The molecule has 0 atom stereocenters. The fourth-order valence-corrected chi connectivity index (χ4v) is 5.92. The fraction of sp³-hybridized carbons (Fsp3) is 0.696. The third kappa shape index (κ3) is 6.92. The van der Waals surface area contributed by atoms with Gasteiger partial charge in [-0.1, -0.05) is 25.1 Å². The molecule has 1 aromatic carbocycles. The first-order chi connectivity index (χ1) is 15.0. The second-order valence-corrected chi connectivity index (χ2v) is 10.6. The van der Waals surface area contributed by atoms with Gasteiger partial charge in [0.05, 0.1) is 4.90 Å². The molecule has 2 saturated heterocycles. The molecule has 2 aliphatic rings. The summed E-state index contributed by atoms with van der Waals surface area (Å²) in [5, 5.41) is 7.00. The van der Waals surface area contributed by atoms with Gasteiger partial charge in [-0.15, -0.1) is 0 Å². The maximum absolute atomic E-state index is 12.8. The van der Waals surface area contributed by atoms with Gasteiger partial charge in [0.1, 0.15) is 0 Å². The molecule has 2 heterocycles. The Morgan fingerprint density at radius 2 is 1.71 bits per heavy atom. The Labute approximate surface area is 188 Å². The molecule has 0 amide bonds. The van der Waals surface area contributed by atoms with Crippen LogP contribution in [-0.2, 0) is 10.0 Å². The van der Waals surface area contributed by atoms with E-state index in [2.05, 4.69) is 29.4 Å². The highest BCUT2D eigenvalue weighted by molar-refractivity contribution is 7.89. The molecule has 2 aliphatic heterocycles. The van der Waals surface area contributed by atoms with E-state index in [-0.39, 0.29) is 0 Å². The quantitative estimate of drug-likeness (QED) is 0.471. The second kappa shape index (κ2) is 11.8. The van der Waals surface area contributed by atoms with Gasteiger partial charge in [0.2, 0.25) is 10.0 Å². The largest absolute Gasteiger partial charge is 0.357 e. The van der Waals surface area contributed by atoms with Crippen LogP contribution in [0.2, 0.25) is 0 Å². The van der Waals surface area contributed by atoms with Crippen molar-refractivity contribution < 1.29 is 8.42 Å². The van der Waals surface area contributed by atoms with Crippen LogP contribution in [0.25, 0.3) is 0 Å². The van der Waals surface area contributed by atoms with Crippen molar-refractivity contribution in [3.8, 4) is 0 Å². The van der Waals surface area contributed by atoms with Crippen LogP contribution in [0.1, 0.15) is 46.0 Å². The Morgan fingerprint density at radius 3 is 2.32 bits per heavy atom. The Balaban J connectivity index is 1.48. The molecule has 8 heteroatoms. The standard InChI is InChI=1S/C23H39N5O2S/c1-3-14-27-15-12-21(13-16-27)26-23(24-4-2)25-19-20-10-17-28(18-11-20)31(29,30)22-8-6-5-7-9-22/h5-9,20-21H,3-4,10-19H2,1-2H3,(H2,24,25,26). The molecule has 7 nitrogen and oxygen atoms in total. The van der Waals surface area contributed by atoms with Gasteiger partial charge in [-0.05, 0) is 63.6 Å². The number of likely N-dealkylation sites (tertiary alicyclic amines) is 1. The summed E-state index contributed by atoms with van der Waals surface area (Å²) in [6, 6.07) is 9.21. The van der Waals surface area contributed by atoms with Crippen LogP contribution in [0.4, 0.5) is 0 Å². The van der Waals surface area contributed by atoms with Crippen molar-refractivity contribution in [2.75, 3.05) is 45.8 Å². The average Bonchev–Trinajstić information content (AvgIpc) is 2.80. The monoisotopic (exact) mass is 449 g/mol. The molecule has 2 N–H and O–H groups in total. The molecular weight excluding hydrogens is 410 g/mol. The summed E-state index contributed by atoms with van der Waals surface area (Å²) in [4.78, 5) is 7.77. The predicted molar refractivity (Wildman–Crippen MR) is 127 cm³/mol. The van der Waals surface area contributed by atoms with Crippen molar-refractivity contribution in [1.29, 1.82) is 0 Å². The second-order valence-electron chi connectivity index (χ2n) is 8.64. The number of hydrogen-bond acceptors (Lipinski definition) is 4. The van der Waals surface area contributed by atoms with Crippen LogP contribution >= 0.6 is 0 Å². The van der Waals surface area contributed by atoms with E-state index >= 15 is 0 Å². The van der Waals surface area contributed by atoms with Crippen molar-refractivity contribution >= 4 is 16.0 Å². The van der Waals surface area contributed by atoms with Gasteiger partial charge in [0, 0.05) is 45.3 Å². The summed E-state index contributed by atoms with van der Waals surface area (Å²) >= 11 is 0. The summed E-state index contributed by atoms with van der Waals surface area (Å²) < 4.78 is 27.2. The molecule has 0 radical (unpaired) electrons. The van der Waals surface area contributed by atoms with Gasteiger partial charge in [-0.2, -0.15) is 4.31 Å². The summed E-state index contributed by atoms with van der Waals surface area (Å²) in [7, 11) is -3.38. The minimum Gasteiger partial charge on any atom is -0.357 e. The zero-order valence-electron chi connectivity index (χ0n) is 19.1. The summed E-state index contributed by atoms with van der Waals surface area (Å²) in [6.07, 6.45) is 5.22. The van der Waals surface area contributed by atoms with E-state index in [9.17, 15) is 8.42 Å². The van der Waals surface area contributed by atoms with Crippen molar-refractivity contribution in [2.45, 2.75) is 56.9 Å².